The molecule has 0 bridgehead atoms. The van der Waals surface area contributed by atoms with Crippen LogP contribution in [-0.4, -0.2) is 18.6 Å². The summed E-state index contributed by atoms with van der Waals surface area (Å²) in [7, 11) is 0. The highest BCUT2D eigenvalue weighted by Crippen LogP contribution is 2.26. The number of benzene rings is 1. The molecule has 1 amide bonds. The minimum absolute atomic E-state index is 0.0659. The van der Waals surface area contributed by atoms with Gasteiger partial charge in [-0.15, -0.1) is 0 Å². The minimum Gasteiger partial charge on any atom is -0.481 e. The van der Waals surface area contributed by atoms with Gasteiger partial charge in [0.15, 0.2) is 6.10 Å². The van der Waals surface area contributed by atoms with Crippen molar-refractivity contribution in [3.05, 3.63) is 27.7 Å². The molecule has 1 unspecified atom stereocenters. The van der Waals surface area contributed by atoms with Crippen molar-refractivity contribution in [2.75, 3.05) is 6.54 Å². The second-order valence-corrected chi connectivity index (χ2v) is 6.40. The first-order valence-electron chi connectivity index (χ1n) is 7.02. The highest BCUT2D eigenvalue weighted by atomic mass is 79.9. The van der Waals surface area contributed by atoms with Gasteiger partial charge in [-0.3, -0.25) is 4.79 Å². The first-order chi connectivity index (χ1) is 9.31. The van der Waals surface area contributed by atoms with Gasteiger partial charge in [0.1, 0.15) is 5.75 Å². The molecule has 3 nitrogen and oxygen atoms in total. The topological polar surface area (TPSA) is 38.3 Å². The average molecular weight is 342 g/mol. The Morgan fingerprint density at radius 3 is 2.30 bits per heavy atom. The number of amides is 1. The summed E-state index contributed by atoms with van der Waals surface area (Å²) >= 11 is 3.52. The molecule has 1 N–H and O–H groups in total. The highest BCUT2D eigenvalue weighted by molar-refractivity contribution is 9.10. The van der Waals surface area contributed by atoms with E-state index >= 15 is 0 Å². The molecule has 0 saturated carbocycles. The minimum atomic E-state index is -0.484. The summed E-state index contributed by atoms with van der Waals surface area (Å²) in [5.74, 6) is 1.25. The zero-order valence-electron chi connectivity index (χ0n) is 12.9. The van der Waals surface area contributed by atoms with Crippen molar-refractivity contribution in [3.63, 3.8) is 0 Å². The largest absolute Gasteiger partial charge is 0.481 e. The molecule has 1 aromatic rings. The fraction of sp³-hybridized carbons (Fsp3) is 0.562. The van der Waals surface area contributed by atoms with Gasteiger partial charge in [0.2, 0.25) is 0 Å². The van der Waals surface area contributed by atoms with E-state index in [0.29, 0.717) is 12.5 Å². The van der Waals surface area contributed by atoms with Crippen LogP contribution in [0.2, 0.25) is 0 Å². The maximum absolute atomic E-state index is 11.9. The number of carbonyl (C=O) groups excluding carboxylic acids is 1. The van der Waals surface area contributed by atoms with E-state index in [-0.39, 0.29) is 5.91 Å². The van der Waals surface area contributed by atoms with Gasteiger partial charge in [-0.1, -0.05) is 29.8 Å². The zero-order chi connectivity index (χ0) is 15.3. The van der Waals surface area contributed by atoms with E-state index in [1.54, 1.807) is 6.92 Å². The fourth-order valence-electron chi connectivity index (χ4n) is 1.86. The molecule has 0 fully saturated rings. The molecule has 1 rings (SSSR count). The Balaban J connectivity index is 2.57. The molecule has 0 aliphatic carbocycles. The summed E-state index contributed by atoms with van der Waals surface area (Å²) in [4.78, 5) is 11.9. The standard InChI is InChI=1S/C16H24BrNO2/c1-10(2)6-7-18-16(19)13(5)20-14-8-11(3)15(17)12(4)9-14/h8-10,13H,6-7H2,1-5H3,(H,18,19). The van der Waals surface area contributed by atoms with Gasteiger partial charge >= 0.3 is 0 Å². The van der Waals surface area contributed by atoms with Crippen LogP contribution >= 0.6 is 15.9 Å². The van der Waals surface area contributed by atoms with E-state index in [1.807, 2.05) is 26.0 Å². The van der Waals surface area contributed by atoms with E-state index in [1.165, 1.54) is 0 Å². The molecule has 0 aliphatic rings. The van der Waals surface area contributed by atoms with Crippen LogP contribution in [0.4, 0.5) is 0 Å². The van der Waals surface area contributed by atoms with E-state index in [0.717, 1.165) is 27.8 Å². The molecule has 1 atom stereocenters. The van der Waals surface area contributed by atoms with Crippen LogP contribution in [0.25, 0.3) is 0 Å². The normalized spacial score (nSPS) is 12.3. The van der Waals surface area contributed by atoms with Gasteiger partial charge < -0.3 is 10.1 Å². The molecule has 20 heavy (non-hydrogen) atoms. The number of nitrogens with one attached hydrogen (secondary N) is 1. The van der Waals surface area contributed by atoms with Crippen LogP contribution in [0.1, 0.15) is 38.3 Å². The van der Waals surface area contributed by atoms with Gasteiger partial charge in [-0.25, -0.2) is 0 Å². The molecule has 0 aromatic heterocycles. The number of halogens is 1. The molecule has 0 saturated heterocycles. The Morgan fingerprint density at radius 2 is 1.80 bits per heavy atom. The lowest BCUT2D eigenvalue weighted by molar-refractivity contribution is -0.127. The van der Waals surface area contributed by atoms with Crippen LogP contribution in [0, 0.1) is 19.8 Å². The molecule has 4 heteroatoms. The van der Waals surface area contributed by atoms with Crippen molar-refractivity contribution in [3.8, 4) is 5.75 Å². The molecular formula is C16H24BrNO2. The first-order valence-corrected chi connectivity index (χ1v) is 7.81. The number of ether oxygens (including phenoxy) is 1. The summed E-state index contributed by atoms with van der Waals surface area (Å²) < 4.78 is 6.80. The summed E-state index contributed by atoms with van der Waals surface area (Å²) in [5, 5.41) is 2.90. The number of aryl methyl sites for hydroxylation is 2. The number of hydrogen-bond donors (Lipinski definition) is 1. The summed E-state index contributed by atoms with van der Waals surface area (Å²) in [5.41, 5.74) is 2.21. The second kappa shape index (κ2) is 7.67. The number of rotatable bonds is 6. The highest BCUT2D eigenvalue weighted by Gasteiger charge is 2.15. The number of hydrogen-bond acceptors (Lipinski definition) is 2. The smallest absolute Gasteiger partial charge is 0.260 e. The van der Waals surface area contributed by atoms with Crippen LogP contribution in [0.3, 0.4) is 0 Å². The lowest BCUT2D eigenvalue weighted by Crippen LogP contribution is -2.37. The summed E-state index contributed by atoms with van der Waals surface area (Å²) in [6.45, 7) is 10.8. The lowest BCUT2D eigenvalue weighted by atomic mass is 10.1. The third-order valence-electron chi connectivity index (χ3n) is 3.11. The predicted octanol–water partition coefficient (Wildman–Crippen LogP) is 4.00. The van der Waals surface area contributed by atoms with Crippen molar-refractivity contribution in [2.24, 2.45) is 5.92 Å². The van der Waals surface area contributed by atoms with Crippen LogP contribution in [-0.2, 0) is 4.79 Å². The monoisotopic (exact) mass is 341 g/mol. The zero-order valence-corrected chi connectivity index (χ0v) is 14.5. The Morgan fingerprint density at radius 1 is 1.25 bits per heavy atom. The van der Waals surface area contributed by atoms with Crippen molar-refractivity contribution >= 4 is 21.8 Å². The van der Waals surface area contributed by atoms with Crippen LogP contribution in [0.5, 0.6) is 5.75 Å². The first kappa shape index (κ1) is 17.0. The molecular weight excluding hydrogens is 318 g/mol. The van der Waals surface area contributed by atoms with Gasteiger partial charge in [0, 0.05) is 11.0 Å². The Labute approximate surface area is 130 Å². The van der Waals surface area contributed by atoms with Gasteiger partial charge in [0.25, 0.3) is 5.91 Å². The Bertz CT molecular complexity index is 449. The molecule has 112 valence electrons. The second-order valence-electron chi connectivity index (χ2n) is 5.60. The van der Waals surface area contributed by atoms with Crippen LogP contribution in [0.15, 0.2) is 16.6 Å². The molecule has 0 radical (unpaired) electrons. The summed E-state index contributed by atoms with van der Waals surface area (Å²) in [6.07, 6.45) is 0.497. The van der Waals surface area contributed by atoms with Gasteiger partial charge in [-0.2, -0.15) is 0 Å². The van der Waals surface area contributed by atoms with Crippen molar-refractivity contribution in [2.45, 2.75) is 47.1 Å². The number of carbonyl (C=O) groups is 1. The van der Waals surface area contributed by atoms with E-state index < -0.39 is 6.10 Å². The van der Waals surface area contributed by atoms with Crippen LogP contribution < -0.4 is 10.1 Å². The van der Waals surface area contributed by atoms with Gasteiger partial charge in [0.05, 0.1) is 0 Å². The molecule has 1 aromatic carbocycles. The quantitative estimate of drug-likeness (QED) is 0.849. The van der Waals surface area contributed by atoms with E-state index in [9.17, 15) is 4.79 Å². The lowest BCUT2D eigenvalue weighted by Gasteiger charge is -2.16. The van der Waals surface area contributed by atoms with E-state index in [2.05, 4.69) is 35.1 Å². The summed E-state index contributed by atoms with van der Waals surface area (Å²) in [6, 6.07) is 3.88. The Kier molecular flexibility index (Phi) is 6.53. The van der Waals surface area contributed by atoms with Crippen molar-refractivity contribution in [1.82, 2.24) is 5.32 Å². The van der Waals surface area contributed by atoms with Gasteiger partial charge in [-0.05, 0) is 56.4 Å². The molecule has 0 heterocycles. The maximum Gasteiger partial charge on any atom is 0.260 e. The Hall–Kier alpha value is -1.03. The third kappa shape index (κ3) is 5.16. The fourth-order valence-corrected chi connectivity index (χ4v) is 2.09. The van der Waals surface area contributed by atoms with Crippen molar-refractivity contribution < 1.29 is 9.53 Å². The average Bonchev–Trinajstić information content (AvgIpc) is 2.35. The molecule has 0 aliphatic heterocycles. The predicted molar refractivity (Wildman–Crippen MR) is 86.2 cm³/mol. The SMILES string of the molecule is Cc1cc(OC(C)C(=O)NCCC(C)C)cc(C)c1Br. The van der Waals surface area contributed by atoms with Crippen molar-refractivity contribution in [1.29, 1.82) is 0 Å². The molecule has 0 spiro atoms. The van der Waals surface area contributed by atoms with E-state index in [4.69, 9.17) is 4.74 Å². The maximum atomic E-state index is 11.9. The third-order valence-corrected chi connectivity index (χ3v) is 4.36.